The summed E-state index contributed by atoms with van der Waals surface area (Å²) in [6, 6.07) is 9.36. The first kappa shape index (κ1) is 22.3. The Balaban J connectivity index is 2.09. The van der Waals surface area contributed by atoms with Gasteiger partial charge in [0.2, 0.25) is 0 Å². The van der Waals surface area contributed by atoms with E-state index in [0.717, 1.165) is 6.54 Å². The maximum atomic E-state index is 13.0. The molecule has 0 spiro atoms. The van der Waals surface area contributed by atoms with E-state index in [4.69, 9.17) is 9.47 Å². The molecule has 3 rings (SSSR count). The summed E-state index contributed by atoms with van der Waals surface area (Å²) in [4.78, 5) is 33.7. The van der Waals surface area contributed by atoms with Crippen molar-refractivity contribution in [3.8, 4) is 11.5 Å². The zero-order valence-electron chi connectivity index (χ0n) is 18.2. The molecule has 1 saturated heterocycles. The molecule has 1 amide bonds. The van der Waals surface area contributed by atoms with Crippen molar-refractivity contribution in [1.29, 1.82) is 0 Å². The van der Waals surface area contributed by atoms with Gasteiger partial charge in [-0.1, -0.05) is 6.07 Å². The van der Waals surface area contributed by atoms with Gasteiger partial charge in [0.15, 0.2) is 11.5 Å². The lowest BCUT2D eigenvalue weighted by Gasteiger charge is -2.25. The SMILES string of the molecule is COc1ccc(/C(O)=C2\C(=O)C(=O)N(CCCN(C)C)C2c2ccccn2)cc1OC. The van der Waals surface area contributed by atoms with Crippen LogP contribution in [-0.4, -0.2) is 73.0 Å². The molecule has 1 fully saturated rings. The molecule has 8 heteroatoms. The first-order valence-corrected chi connectivity index (χ1v) is 9.95. The normalized spacial score (nSPS) is 18.0. The van der Waals surface area contributed by atoms with Gasteiger partial charge in [-0.05, 0) is 57.4 Å². The second-order valence-corrected chi connectivity index (χ2v) is 7.47. The van der Waals surface area contributed by atoms with E-state index in [9.17, 15) is 14.7 Å². The van der Waals surface area contributed by atoms with Crippen LogP contribution < -0.4 is 9.47 Å². The van der Waals surface area contributed by atoms with Crippen molar-refractivity contribution < 1.29 is 24.2 Å². The zero-order chi connectivity index (χ0) is 22.5. The first-order valence-electron chi connectivity index (χ1n) is 9.95. The van der Waals surface area contributed by atoms with E-state index in [-0.39, 0.29) is 11.3 Å². The maximum absolute atomic E-state index is 13.0. The van der Waals surface area contributed by atoms with E-state index in [1.54, 1.807) is 42.6 Å². The molecule has 1 aromatic heterocycles. The van der Waals surface area contributed by atoms with Crippen LogP contribution in [0.2, 0.25) is 0 Å². The predicted octanol–water partition coefficient (Wildman–Crippen LogP) is 2.47. The number of likely N-dealkylation sites (tertiary alicyclic amines) is 1. The summed E-state index contributed by atoms with van der Waals surface area (Å²) in [6.45, 7) is 1.13. The van der Waals surface area contributed by atoms with Gasteiger partial charge in [-0.25, -0.2) is 0 Å². The van der Waals surface area contributed by atoms with Crippen molar-refractivity contribution in [3.63, 3.8) is 0 Å². The highest BCUT2D eigenvalue weighted by Gasteiger charge is 2.46. The molecule has 1 aromatic carbocycles. The molecule has 0 radical (unpaired) electrons. The Labute approximate surface area is 181 Å². The Morgan fingerprint density at radius 3 is 2.48 bits per heavy atom. The van der Waals surface area contributed by atoms with E-state index < -0.39 is 17.7 Å². The molecule has 0 saturated carbocycles. The molecule has 2 aromatic rings. The number of carbonyl (C=O) groups is 2. The summed E-state index contributed by atoms with van der Waals surface area (Å²) < 4.78 is 10.5. The number of hydrogen-bond donors (Lipinski definition) is 1. The lowest BCUT2D eigenvalue weighted by atomic mass is 9.98. The third-order valence-electron chi connectivity index (χ3n) is 5.17. The fourth-order valence-electron chi connectivity index (χ4n) is 3.65. The molecule has 164 valence electrons. The van der Waals surface area contributed by atoms with Crippen molar-refractivity contribution in [2.45, 2.75) is 12.5 Å². The number of benzene rings is 1. The Bertz CT molecular complexity index is 988. The van der Waals surface area contributed by atoms with Crippen LogP contribution in [0, 0.1) is 0 Å². The average Bonchev–Trinajstić information content (AvgIpc) is 3.03. The Morgan fingerprint density at radius 2 is 1.87 bits per heavy atom. The molecule has 0 aliphatic carbocycles. The fraction of sp³-hybridized carbons (Fsp3) is 0.348. The summed E-state index contributed by atoms with van der Waals surface area (Å²) in [7, 11) is 6.89. The number of nitrogens with zero attached hydrogens (tertiary/aromatic N) is 3. The minimum Gasteiger partial charge on any atom is -0.507 e. The molecule has 1 atom stereocenters. The average molecular weight is 425 g/mol. The Morgan fingerprint density at radius 1 is 1.13 bits per heavy atom. The fourth-order valence-corrected chi connectivity index (χ4v) is 3.65. The summed E-state index contributed by atoms with van der Waals surface area (Å²) in [5.41, 5.74) is 0.888. The standard InChI is InChI=1S/C23H27N3O5/c1-25(2)12-7-13-26-20(16-8-5-6-11-24-16)19(22(28)23(26)29)21(27)15-9-10-17(30-3)18(14-15)31-4/h5-6,8-11,14,20,27H,7,12-13H2,1-4H3/b21-19+. The van der Waals surface area contributed by atoms with E-state index >= 15 is 0 Å². The quantitative estimate of drug-likeness (QED) is 0.395. The highest BCUT2D eigenvalue weighted by atomic mass is 16.5. The van der Waals surface area contributed by atoms with E-state index in [2.05, 4.69) is 4.98 Å². The van der Waals surface area contributed by atoms with Crippen LogP contribution in [0.15, 0.2) is 48.2 Å². The molecule has 1 aliphatic heterocycles. The van der Waals surface area contributed by atoms with Crippen LogP contribution in [-0.2, 0) is 9.59 Å². The minimum atomic E-state index is -0.767. The van der Waals surface area contributed by atoms with Crippen LogP contribution in [0.1, 0.15) is 23.7 Å². The monoisotopic (exact) mass is 425 g/mol. The predicted molar refractivity (Wildman–Crippen MR) is 116 cm³/mol. The number of Topliss-reactive ketones (excluding diaryl/α,β-unsaturated/α-hetero) is 1. The van der Waals surface area contributed by atoms with Crippen LogP contribution in [0.3, 0.4) is 0 Å². The van der Waals surface area contributed by atoms with Crippen LogP contribution in [0.4, 0.5) is 0 Å². The molecule has 1 unspecified atom stereocenters. The van der Waals surface area contributed by atoms with Gasteiger partial charge >= 0.3 is 0 Å². The van der Waals surface area contributed by atoms with E-state index in [1.165, 1.54) is 19.1 Å². The number of hydrogen-bond acceptors (Lipinski definition) is 7. The van der Waals surface area contributed by atoms with Crippen molar-refractivity contribution in [2.24, 2.45) is 0 Å². The number of rotatable bonds is 8. The highest BCUT2D eigenvalue weighted by Crippen LogP contribution is 2.40. The Kier molecular flexibility index (Phi) is 6.91. The number of methoxy groups -OCH3 is 2. The lowest BCUT2D eigenvalue weighted by Crippen LogP contribution is -2.32. The van der Waals surface area contributed by atoms with Crippen LogP contribution in [0.5, 0.6) is 11.5 Å². The molecule has 8 nitrogen and oxygen atoms in total. The van der Waals surface area contributed by atoms with Crippen molar-refractivity contribution in [1.82, 2.24) is 14.8 Å². The van der Waals surface area contributed by atoms with Gasteiger partial charge in [-0.2, -0.15) is 0 Å². The third-order valence-corrected chi connectivity index (χ3v) is 5.17. The molecule has 2 heterocycles. The zero-order valence-corrected chi connectivity index (χ0v) is 18.2. The number of aromatic nitrogens is 1. The van der Waals surface area contributed by atoms with Gasteiger partial charge in [0.05, 0.1) is 25.5 Å². The topological polar surface area (TPSA) is 92.2 Å². The second-order valence-electron chi connectivity index (χ2n) is 7.47. The largest absolute Gasteiger partial charge is 0.507 e. The first-order chi connectivity index (χ1) is 14.9. The summed E-state index contributed by atoms with van der Waals surface area (Å²) >= 11 is 0. The Hall–Kier alpha value is -3.39. The van der Waals surface area contributed by atoms with Crippen LogP contribution in [0.25, 0.3) is 5.76 Å². The molecular weight excluding hydrogens is 398 g/mol. The number of ether oxygens (including phenoxy) is 2. The van der Waals surface area contributed by atoms with E-state index in [0.29, 0.717) is 35.7 Å². The number of pyridine rings is 1. The van der Waals surface area contributed by atoms with Crippen molar-refractivity contribution >= 4 is 17.4 Å². The summed E-state index contributed by atoms with van der Waals surface area (Å²) in [6.07, 6.45) is 2.28. The highest BCUT2D eigenvalue weighted by molar-refractivity contribution is 6.46. The number of amides is 1. The van der Waals surface area contributed by atoms with Gasteiger partial charge in [-0.15, -0.1) is 0 Å². The maximum Gasteiger partial charge on any atom is 0.295 e. The van der Waals surface area contributed by atoms with Crippen molar-refractivity contribution in [2.75, 3.05) is 41.4 Å². The smallest absolute Gasteiger partial charge is 0.295 e. The van der Waals surface area contributed by atoms with E-state index in [1.807, 2.05) is 19.0 Å². The van der Waals surface area contributed by atoms with Gasteiger partial charge in [0.1, 0.15) is 11.8 Å². The third kappa shape index (κ3) is 4.54. The number of carbonyl (C=O) groups excluding carboxylic acids is 2. The molecule has 0 bridgehead atoms. The number of aliphatic hydroxyl groups excluding tert-OH is 1. The molecule has 31 heavy (non-hydrogen) atoms. The summed E-state index contributed by atoms with van der Waals surface area (Å²) in [5, 5.41) is 11.1. The minimum absolute atomic E-state index is 0.0146. The molecule has 1 aliphatic rings. The number of ketones is 1. The van der Waals surface area contributed by atoms with Gasteiger partial charge < -0.3 is 24.4 Å². The molecular formula is C23H27N3O5. The van der Waals surface area contributed by atoms with Gasteiger partial charge in [-0.3, -0.25) is 14.6 Å². The number of aliphatic hydroxyl groups is 1. The van der Waals surface area contributed by atoms with Gasteiger partial charge in [0.25, 0.3) is 11.7 Å². The summed E-state index contributed by atoms with van der Waals surface area (Å²) in [5.74, 6) is -0.750. The van der Waals surface area contributed by atoms with Crippen molar-refractivity contribution in [3.05, 3.63) is 59.4 Å². The molecule has 1 N–H and O–H groups in total. The van der Waals surface area contributed by atoms with Crippen LogP contribution >= 0.6 is 0 Å². The lowest BCUT2D eigenvalue weighted by molar-refractivity contribution is -0.140. The second kappa shape index (κ2) is 9.61. The van der Waals surface area contributed by atoms with Gasteiger partial charge in [0, 0.05) is 18.3 Å².